The molecule has 1 aromatic rings. The number of nitrogens with one attached hydrogen (secondary N) is 2. The van der Waals surface area contributed by atoms with Gasteiger partial charge in [-0.15, -0.1) is 25.6 Å². The first-order valence-corrected chi connectivity index (χ1v) is 7.60. The number of benzene rings is 1. The van der Waals surface area contributed by atoms with Crippen LogP contribution in [0.15, 0.2) is 55.6 Å². The lowest BCUT2D eigenvalue weighted by molar-refractivity contribution is -0.139. The minimum absolute atomic E-state index is 0. The second-order valence-electron chi connectivity index (χ2n) is 5.18. The normalized spacial score (nSPS) is 12.2. The maximum absolute atomic E-state index is 12.6. The Hall–Kier alpha value is -2.11. The SMILES string of the molecule is C=CC[C@H](NC)C(=O)N(CC=C)[C@@H](C)C(=O)Nc1ccccc1.Cl. The molecule has 0 radical (unpaired) electrons. The standard InChI is InChI=1S/C18H25N3O2.ClH/c1-5-10-16(19-4)18(23)21(13-6-2)14(3)17(22)20-15-11-8-7-9-12-15;/h5-9,11-12,14,16,19H,1-2,10,13H2,3-4H3,(H,20,22);1H/t14-,16-;/m0./s1. The maximum atomic E-state index is 12.6. The molecule has 0 aromatic heterocycles. The molecule has 1 aromatic carbocycles. The van der Waals surface area contributed by atoms with E-state index in [4.69, 9.17) is 0 Å². The fourth-order valence-corrected chi connectivity index (χ4v) is 2.20. The minimum atomic E-state index is -0.610. The van der Waals surface area contributed by atoms with E-state index in [0.29, 0.717) is 18.7 Å². The summed E-state index contributed by atoms with van der Waals surface area (Å²) in [6.07, 6.45) is 3.79. The molecule has 0 aliphatic rings. The van der Waals surface area contributed by atoms with Gasteiger partial charge in [0.05, 0.1) is 6.04 Å². The number of para-hydroxylation sites is 1. The van der Waals surface area contributed by atoms with E-state index in [0.717, 1.165) is 0 Å². The summed E-state index contributed by atoms with van der Waals surface area (Å²) >= 11 is 0. The van der Waals surface area contributed by atoms with Gasteiger partial charge in [-0.1, -0.05) is 30.4 Å². The molecule has 0 aliphatic heterocycles. The molecule has 0 saturated heterocycles. The Labute approximate surface area is 150 Å². The van der Waals surface area contributed by atoms with Crippen LogP contribution in [0.4, 0.5) is 5.69 Å². The molecule has 2 N–H and O–H groups in total. The summed E-state index contributed by atoms with van der Waals surface area (Å²) in [6.45, 7) is 9.35. The van der Waals surface area contributed by atoms with Gasteiger partial charge in [-0.05, 0) is 32.5 Å². The summed E-state index contributed by atoms with van der Waals surface area (Å²) in [4.78, 5) is 26.6. The first kappa shape index (κ1) is 21.9. The van der Waals surface area contributed by atoms with Crippen molar-refractivity contribution in [3.63, 3.8) is 0 Å². The van der Waals surface area contributed by atoms with Gasteiger partial charge in [-0.2, -0.15) is 0 Å². The molecule has 24 heavy (non-hydrogen) atoms. The van der Waals surface area contributed by atoms with Gasteiger partial charge < -0.3 is 15.5 Å². The first-order valence-electron chi connectivity index (χ1n) is 7.60. The van der Waals surface area contributed by atoms with Gasteiger partial charge in [0.25, 0.3) is 0 Å². The Morgan fingerprint density at radius 3 is 2.33 bits per heavy atom. The predicted octanol–water partition coefficient (Wildman–Crippen LogP) is 2.61. The highest BCUT2D eigenvalue weighted by molar-refractivity contribution is 5.97. The largest absolute Gasteiger partial charge is 0.326 e. The van der Waals surface area contributed by atoms with E-state index >= 15 is 0 Å². The zero-order chi connectivity index (χ0) is 17.2. The maximum Gasteiger partial charge on any atom is 0.246 e. The molecule has 6 heteroatoms. The Balaban J connectivity index is 0.00000529. The fraction of sp³-hybridized carbons (Fsp3) is 0.333. The topological polar surface area (TPSA) is 61.4 Å². The second-order valence-corrected chi connectivity index (χ2v) is 5.18. The molecule has 0 bridgehead atoms. The van der Waals surface area contributed by atoms with Crippen LogP contribution in [0.2, 0.25) is 0 Å². The lowest BCUT2D eigenvalue weighted by Gasteiger charge is -2.30. The third kappa shape index (κ3) is 6.18. The van der Waals surface area contributed by atoms with Crippen LogP contribution in [0, 0.1) is 0 Å². The van der Waals surface area contributed by atoms with Crippen LogP contribution in [0.3, 0.4) is 0 Å². The highest BCUT2D eigenvalue weighted by Crippen LogP contribution is 2.10. The van der Waals surface area contributed by atoms with Gasteiger partial charge in [0.15, 0.2) is 0 Å². The monoisotopic (exact) mass is 351 g/mol. The predicted molar refractivity (Wildman–Crippen MR) is 101 cm³/mol. The van der Waals surface area contributed by atoms with Crippen molar-refractivity contribution in [1.82, 2.24) is 10.2 Å². The number of likely N-dealkylation sites (N-methyl/N-ethyl adjacent to an activating group) is 1. The van der Waals surface area contributed by atoms with Crippen LogP contribution in [-0.4, -0.2) is 42.4 Å². The molecule has 5 nitrogen and oxygen atoms in total. The number of hydrogen-bond acceptors (Lipinski definition) is 3. The number of carbonyl (C=O) groups excluding carboxylic acids is 2. The summed E-state index contributed by atoms with van der Waals surface area (Å²) in [5.41, 5.74) is 0.701. The van der Waals surface area contributed by atoms with Crippen molar-refractivity contribution in [3.8, 4) is 0 Å². The minimum Gasteiger partial charge on any atom is -0.326 e. The molecular formula is C18H26ClN3O2. The molecule has 1 rings (SSSR count). The van der Waals surface area contributed by atoms with Crippen LogP contribution in [0.1, 0.15) is 13.3 Å². The van der Waals surface area contributed by atoms with E-state index in [-0.39, 0.29) is 24.2 Å². The lowest BCUT2D eigenvalue weighted by atomic mass is 10.1. The number of carbonyl (C=O) groups is 2. The third-order valence-electron chi connectivity index (χ3n) is 3.55. The van der Waals surface area contributed by atoms with Crippen molar-refractivity contribution in [2.45, 2.75) is 25.4 Å². The zero-order valence-electron chi connectivity index (χ0n) is 14.2. The smallest absolute Gasteiger partial charge is 0.246 e. The van der Waals surface area contributed by atoms with Crippen molar-refractivity contribution < 1.29 is 9.59 Å². The van der Waals surface area contributed by atoms with Gasteiger partial charge >= 0.3 is 0 Å². The van der Waals surface area contributed by atoms with Gasteiger partial charge in [0, 0.05) is 12.2 Å². The molecule has 0 unspecified atom stereocenters. The fourth-order valence-electron chi connectivity index (χ4n) is 2.20. The van der Waals surface area contributed by atoms with Crippen molar-refractivity contribution >= 4 is 29.9 Å². The van der Waals surface area contributed by atoms with Crippen molar-refractivity contribution in [1.29, 1.82) is 0 Å². The Kier molecular flexibility index (Phi) is 10.4. The van der Waals surface area contributed by atoms with E-state index in [2.05, 4.69) is 23.8 Å². The highest BCUT2D eigenvalue weighted by Gasteiger charge is 2.29. The van der Waals surface area contributed by atoms with Gasteiger partial charge in [-0.25, -0.2) is 0 Å². The average Bonchev–Trinajstić information content (AvgIpc) is 2.57. The number of nitrogens with zero attached hydrogens (tertiary/aromatic N) is 1. The van der Waals surface area contributed by atoms with E-state index in [1.165, 1.54) is 4.90 Å². The molecule has 0 spiro atoms. The summed E-state index contributed by atoms with van der Waals surface area (Å²) in [7, 11) is 1.72. The van der Waals surface area contributed by atoms with E-state index < -0.39 is 12.1 Å². The van der Waals surface area contributed by atoms with Crippen molar-refractivity contribution in [2.75, 3.05) is 18.9 Å². The molecule has 0 aliphatic carbocycles. The van der Waals surface area contributed by atoms with E-state index in [1.54, 1.807) is 38.3 Å². The van der Waals surface area contributed by atoms with Crippen LogP contribution < -0.4 is 10.6 Å². The molecule has 132 valence electrons. The highest BCUT2D eigenvalue weighted by atomic mass is 35.5. The van der Waals surface area contributed by atoms with Crippen LogP contribution in [0.5, 0.6) is 0 Å². The number of amides is 2. The Morgan fingerprint density at radius 1 is 1.21 bits per heavy atom. The first-order chi connectivity index (χ1) is 11.0. The summed E-state index contributed by atoms with van der Waals surface area (Å²) in [5, 5.41) is 5.77. The Morgan fingerprint density at radius 2 is 1.83 bits per heavy atom. The molecule has 0 heterocycles. The summed E-state index contributed by atoms with van der Waals surface area (Å²) in [5.74, 6) is -0.386. The number of hydrogen-bond donors (Lipinski definition) is 2. The van der Waals surface area contributed by atoms with Gasteiger partial charge in [-0.3, -0.25) is 9.59 Å². The molecule has 2 atom stereocenters. The van der Waals surface area contributed by atoms with E-state index in [1.807, 2.05) is 18.2 Å². The van der Waals surface area contributed by atoms with Crippen molar-refractivity contribution in [3.05, 3.63) is 55.6 Å². The van der Waals surface area contributed by atoms with Gasteiger partial charge in [0.2, 0.25) is 11.8 Å². The lowest BCUT2D eigenvalue weighted by Crippen LogP contribution is -2.52. The Bertz CT molecular complexity index is 548. The number of halogens is 1. The average molecular weight is 352 g/mol. The van der Waals surface area contributed by atoms with Crippen LogP contribution in [-0.2, 0) is 9.59 Å². The van der Waals surface area contributed by atoms with Crippen LogP contribution in [0.25, 0.3) is 0 Å². The summed E-state index contributed by atoms with van der Waals surface area (Å²) < 4.78 is 0. The molecule has 2 amide bonds. The van der Waals surface area contributed by atoms with Gasteiger partial charge in [0.1, 0.15) is 6.04 Å². The third-order valence-corrected chi connectivity index (χ3v) is 3.55. The molecular weight excluding hydrogens is 326 g/mol. The second kappa shape index (κ2) is 11.4. The summed E-state index contributed by atoms with van der Waals surface area (Å²) in [6, 6.07) is 8.15. The molecule has 0 saturated carbocycles. The number of anilines is 1. The number of rotatable bonds is 9. The van der Waals surface area contributed by atoms with Crippen molar-refractivity contribution in [2.24, 2.45) is 0 Å². The van der Waals surface area contributed by atoms with E-state index in [9.17, 15) is 9.59 Å². The molecule has 0 fully saturated rings. The van der Waals surface area contributed by atoms with Crippen LogP contribution >= 0.6 is 12.4 Å². The quantitative estimate of drug-likeness (QED) is 0.672. The zero-order valence-corrected chi connectivity index (χ0v) is 15.0.